The minimum absolute atomic E-state index is 0.0623. The molecule has 2 aromatic carbocycles. The van der Waals surface area contributed by atoms with E-state index in [1.54, 1.807) is 13.2 Å². The first-order valence-electron chi connectivity index (χ1n) is 11.7. The highest BCUT2D eigenvalue weighted by Gasteiger charge is 2.24. The first-order valence-corrected chi connectivity index (χ1v) is 11.7. The van der Waals surface area contributed by atoms with E-state index in [-0.39, 0.29) is 12.3 Å². The number of carboxylic acid groups (broad SMARTS) is 1. The maximum atomic E-state index is 11.8. The number of carboxylic acids is 1. The zero-order chi connectivity index (χ0) is 25.1. The van der Waals surface area contributed by atoms with Crippen molar-refractivity contribution in [1.82, 2.24) is 9.88 Å². The van der Waals surface area contributed by atoms with Gasteiger partial charge in [0.2, 0.25) is 0 Å². The maximum Gasteiger partial charge on any atom is 0.304 e. The molecule has 1 aromatic heterocycles. The van der Waals surface area contributed by atoms with Crippen molar-refractivity contribution in [3.63, 3.8) is 0 Å². The average Bonchev–Trinajstić information content (AvgIpc) is 3.02. The first-order chi connectivity index (χ1) is 16.7. The lowest BCUT2D eigenvalue weighted by Gasteiger charge is -2.24. The van der Waals surface area contributed by atoms with Crippen LogP contribution < -0.4 is 21.3 Å². The Balaban J connectivity index is 1.67. The summed E-state index contributed by atoms with van der Waals surface area (Å²) >= 11 is 0. The molecule has 1 atom stereocenters. The van der Waals surface area contributed by atoms with Crippen LogP contribution in [0.4, 0.5) is 11.5 Å². The van der Waals surface area contributed by atoms with E-state index in [0.717, 1.165) is 53.2 Å². The molecule has 0 aliphatic carbocycles. The summed E-state index contributed by atoms with van der Waals surface area (Å²) in [7, 11) is 1.67. The summed E-state index contributed by atoms with van der Waals surface area (Å²) in [6, 6.07) is 14.3. The molecule has 8 heteroatoms. The number of anilines is 2. The molecule has 0 amide bonds. The van der Waals surface area contributed by atoms with Gasteiger partial charge in [0.15, 0.2) is 5.82 Å². The molecule has 1 aliphatic rings. The minimum Gasteiger partial charge on any atom is -0.492 e. The standard InChI is InChI=1S/C27H33N5O3/c1-17-8-9-19(12-21(17)16-32-10-11-35-24-7-5-4-6-20(24)15-32)22(13-25(33)34)23-14-30-27(31(3)29)26(28)18(23)2/h4-9,12,14,22H,10-11,13,15-16,28-29H2,1-3H3,(H,33,34). The first kappa shape index (κ1) is 24.5. The molecule has 0 bridgehead atoms. The fourth-order valence-corrected chi connectivity index (χ4v) is 4.67. The Morgan fingerprint density at radius 1 is 1.26 bits per heavy atom. The Bertz CT molecular complexity index is 1230. The zero-order valence-corrected chi connectivity index (χ0v) is 20.5. The van der Waals surface area contributed by atoms with Gasteiger partial charge in [-0.2, -0.15) is 0 Å². The number of rotatable bonds is 7. The normalized spacial score (nSPS) is 14.5. The zero-order valence-electron chi connectivity index (χ0n) is 20.5. The van der Waals surface area contributed by atoms with Gasteiger partial charge in [0.1, 0.15) is 12.4 Å². The van der Waals surface area contributed by atoms with Gasteiger partial charge in [-0.15, -0.1) is 0 Å². The summed E-state index contributed by atoms with van der Waals surface area (Å²) in [5.41, 5.74) is 12.8. The maximum absolute atomic E-state index is 11.8. The molecular weight excluding hydrogens is 442 g/mol. The number of nitrogens with zero attached hydrogens (tertiary/aromatic N) is 3. The highest BCUT2D eigenvalue weighted by Crippen LogP contribution is 2.36. The Kier molecular flexibility index (Phi) is 7.23. The van der Waals surface area contributed by atoms with Crippen LogP contribution in [0.25, 0.3) is 0 Å². The highest BCUT2D eigenvalue weighted by molar-refractivity contribution is 5.72. The van der Waals surface area contributed by atoms with E-state index >= 15 is 0 Å². The van der Waals surface area contributed by atoms with Crippen molar-refractivity contribution in [2.24, 2.45) is 5.84 Å². The van der Waals surface area contributed by atoms with Crippen LogP contribution in [0, 0.1) is 13.8 Å². The molecule has 35 heavy (non-hydrogen) atoms. The molecule has 0 radical (unpaired) electrons. The lowest BCUT2D eigenvalue weighted by atomic mass is 9.85. The summed E-state index contributed by atoms with van der Waals surface area (Å²) in [5, 5.41) is 11.1. The van der Waals surface area contributed by atoms with Crippen molar-refractivity contribution in [1.29, 1.82) is 0 Å². The summed E-state index contributed by atoms with van der Waals surface area (Å²) in [6.07, 6.45) is 1.63. The van der Waals surface area contributed by atoms with E-state index in [1.807, 2.05) is 31.2 Å². The van der Waals surface area contributed by atoms with E-state index in [0.29, 0.717) is 18.1 Å². The van der Waals surface area contributed by atoms with E-state index in [2.05, 4.69) is 35.0 Å². The van der Waals surface area contributed by atoms with Gasteiger partial charge in [-0.25, -0.2) is 10.8 Å². The fraction of sp³-hybridized carbons (Fsp3) is 0.333. The van der Waals surface area contributed by atoms with Gasteiger partial charge in [0.05, 0.1) is 12.1 Å². The molecule has 0 saturated carbocycles. The van der Waals surface area contributed by atoms with Crippen molar-refractivity contribution >= 4 is 17.5 Å². The number of carbonyl (C=O) groups is 1. The number of aliphatic carboxylic acids is 1. The number of nitrogen functional groups attached to an aromatic ring is 1. The van der Waals surface area contributed by atoms with Gasteiger partial charge in [0.25, 0.3) is 0 Å². The number of ether oxygens (including phenoxy) is 1. The van der Waals surface area contributed by atoms with Gasteiger partial charge in [-0.05, 0) is 47.7 Å². The third-order valence-corrected chi connectivity index (χ3v) is 6.69. The lowest BCUT2D eigenvalue weighted by Crippen LogP contribution is -2.27. The Morgan fingerprint density at radius 3 is 2.77 bits per heavy atom. The van der Waals surface area contributed by atoms with E-state index in [4.69, 9.17) is 16.3 Å². The number of fused-ring (bicyclic) bond motifs is 1. The van der Waals surface area contributed by atoms with Gasteiger partial charge in [-0.1, -0.05) is 36.4 Å². The summed E-state index contributed by atoms with van der Waals surface area (Å²) < 4.78 is 5.92. The van der Waals surface area contributed by atoms with Crippen LogP contribution in [0.5, 0.6) is 5.75 Å². The van der Waals surface area contributed by atoms with Crippen LogP contribution in [0.3, 0.4) is 0 Å². The molecule has 0 saturated heterocycles. The predicted molar refractivity (Wildman–Crippen MR) is 137 cm³/mol. The van der Waals surface area contributed by atoms with Gasteiger partial charge in [0, 0.05) is 44.4 Å². The van der Waals surface area contributed by atoms with Crippen LogP contribution in [-0.4, -0.2) is 41.2 Å². The molecule has 0 spiro atoms. The number of pyridine rings is 1. The Labute approximate surface area is 206 Å². The van der Waals surface area contributed by atoms with Crippen LogP contribution in [0.2, 0.25) is 0 Å². The predicted octanol–water partition coefficient (Wildman–Crippen LogP) is 3.59. The van der Waals surface area contributed by atoms with Gasteiger partial charge in [-0.3, -0.25) is 14.7 Å². The number of aryl methyl sites for hydroxylation is 1. The second kappa shape index (κ2) is 10.3. The topological polar surface area (TPSA) is 118 Å². The van der Waals surface area contributed by atoms with Crippen molar-refractivity contribution in [3.05, 3.63) is 82.0 Å². The van der Waals surface area contributed by atoms with Gasteiger partial charge >= 0.3 is 5.97 Å². The molecule has 1 aliphatic heterocycles. The number of para-hydroxylation sites is 1. The Morgan fingerprint density at radius 2 is 2.03 bits per heavy atom. The van der Waals surface area contributed by atoms with Crippen molar-refractivity contribution in [2.45, 2.75) is 39.3 Å². The van der Waals surface area contributed by atoms with Crippen LogP contribution >= 0.6 is 0 Å². The largest absolute Gasteiger partial charge is 0.492 e. The van der Waals surface area contributed by atoms with Crippen molar-refractivity contribution in [2.75, 3.05) is 30.9 Å². The molecule has 4 rings (SSSR count). The second-order valence-electron chi connectivity index (χ2n) is 9.19. The Hall–Kier alpha value is -3.62. The number of nitrogens with two attached hydrogens (primary N) is 2. The quantitative estimate of drug-likeness (QED) is 0.350. The summed E-state index contributed by atoms with van der Waals surface area (Å²) in [4.78, 5) is 18.6. The SMILES string of the molecule is Cc1ccc(C(CC(=O)O)c2cnc(N(C)N)c(N)c2C)cc1CN1CCOc2ccccc2C1. The van der Waals surface area contributed by atoms with Gasteiger partial charge < -0.3 is 15.6 Å². The molecular formula is C27H33N5O3. The molecule has 184 valence electrons. The molecule has 2 heterocycles. The molecule has 8 nitrogen and oxygen atoms in total. The fourth-order valence-electron chi connectivity index (χ4n) is 4.67. The molecule has 5 N–H and O–H groups in total. The number of hydrogen-bond acceptors (Lipinski definition) is 7. The molecule has 3 aromatic rings. The van der Waals surface area contributed by atoms with Crippen LogP contribution in [0.15, 0.2) is 48.7 Å². The van der Waals surface area contributed by atoms with E-state index in [1.165, 1.54) is 10.6 Å². The number of aromatic nitrogens is 1. The minimum atomic E-state index is -0.878. The highest BCUT2D eigenvalue weighted by atomic mass is 16.5. The van der Waals surface area contributed by atoms with Crippen molar-refractivity contribution < 1.29 is 14.6 Å². The van der Waals surface area contributed by atoms with Crippen LogP contribution in [-0.2, 0) is 17.9 Å². The van der Waals surface area contributed by atoms with E-state index in [9.17, 15) is 9.90 Å². The van der Waals surface area contributed by atoms with Crippen molar-refractivity contribution in [3.8, 4) is 5.75 Å². The smallest absolute Gasteiger partial charge is 0.304 e. The number of hydrogen-bond donors (Lipinski definition) is 3. The lowest BCUT2D eigenvalue weighted by molar-refractivity contribution is -0.137. The summed E-state index contributed by atoms with van der Waals surface area (Å²) in [6.45, 7) is 6.95. The van der Waals surface area contributed by atoms with E-state index < -0.39 is 5.97 Å². The average molecular weight is 476 g/mol. The monoisotopic (exact) mass is 475 g/mol. The number of benzene rings is 2. The summed E-state index contributed by atoms with van der Waals surface area (Å²) in [5.74, 6) is 6.00. The molecule has 1 unspecified atom stereocenters. The second-order valence-corrected chi connectivity index (χ2v) is 9.19. The number of hydrazine groups is 1. The third-order valence-electron chi connectivity index (χ3n) is 6.69. The van der Waals surface area contributed by atoms with Crippen LogP contribution in [0.1, 0.15) is 45.7 Å². The third kappa shape index (κ3) is 5.39. The molecule has 0 fully saturated rings.